The maximum atomic E-state index is 12.6. The van der Waals surface area contributed by atoms with E-state index in [0.29, 0.717) is 16.3 Å². The van der Waals surface area contributed by atoms with Gasteiger partial charge in [-0.3, -0.25) is 4.79 Å². The number of nitrogens with one attached hydrogen (secondary N) is 1. The number of fused-ring (bicyclic) bond motifs is 1. The average Bonchev–Trinajstić information content (AvgIpc) is 3.29. The zero-order chi connectivity index (χ0) is 23.9. The predicted octanol–water partition coefficient (Wildman–Crippen LogP) is 5.72. The minimum absolute atomic E-state index is 0.175. The number of anilines is 1. The summed E-state index contributed by atoms with van der Waals surface area (Å²) in [6, 6.07) is 13.6. The zero-order valence-corrected chi connectivity index (χ0v) is 20.1. The number of ether oxygens (including phenoxy) is 3. The van der Waals surface area contributed by atoms with Crippen LogP contribution < -0.4 is 10.1 Å². The lowest BCUT2D eigenvalue weighted by Gasteiger charge is -2.16. The molecule has 3 aromatic rings. The van der Waals surface area contributed by atoms with Crippen molar-refractivity contribution in [2.45, 2.75) is 25.7 Å². The Labute approximate surface area is 203 Å². The molecule has 0 bridgehead atoms. The first-order valence-electron chi connectivity index (χ1n) is 11.1. The number of esters is 1. The molecule has 34 heavy (non-hydrogen) atoms. The van der Waals surface area contributed by atoms with Gasteiger partial charge in [0.05, 0.1) is 7.11 Å². The Morgan fingerprint density at radius 1 is 1.03 bits per heavy atom. The summed E-state index contributed by atoms with van der Waals surface area (Å²) in [4.78, 5) is 25.3. The van der Waals surface area contributed by atoms with E-state index in [1.807, 2.05) is 23.6 Å². The van der Waals surface area contributed by atoms with Gasteiger partial charge in [0.1, 0.15) is 16.3 Å². The molecule has 0 unspecified atom stereocenters. The third-order valence-electron chi connectivity index (χ3n) is 5.73. The van der Waals surface area contributed by atoms with Crippen molar-refractivity contribution >= 4 is 34.3 Å². The van der Waals surface area contributed by atoms with Gasteiger partial charge in [-0.25, -0.2) is 4.79 Å². The summed E-state index contributed by atoms with van der Waals surface area (Å²) in [6.45, 7) is 0.175. The molecule has 2 aromatic carbocycles. The largest absolute Gasteiger partial charge is 0.468 e. The molecule has 1 aliphatic carbocycles. The lowest BCUT2D eigenvalue weighted by atomic mass is 9.89. The topological polar surface area (TPSA) is 73.9 Å². The Balaban J connectivity index is 1.52. The monoisotopic (exact) mass is 477 g/mol. The van der Waals surface area contributed by atoms with E-state index in [1.165, 1.54) is 48.5 Å². The van der Waals surface area contributed by atoms with Crippen LogP contribution in [-0.4, -0.2) is 32.9 Å². The molecule has 1 aromatic heterocycles. The summed E-state index contributed by atoms with van der Waals surface area (Å²) in [6.07, 6.45) is 7.68. The molecular weight excluding hydrogens is 450 g/mol. The maximum Gasteiger partial charge on any atom is 0.341 e. The Kier molecular flexibility index (Phi) is 7.77. The molecule has 0 atom stereocenters. The first-order chi connectivity index (χ1) is 16.6. The molecule has 1 heterocycles. The molecule has 0 radical (unpaired) electrons. The Hall–Kier alpha value is -3.42. The molecule has 0 saturated heterocycles. The van der Waals surface area contributed by atoms with Crippen LogP contribution in [0.1, 0.15) is 39.9 Å². The van der Waals surface area contributed by atoms with Crippen LogP contribution >= 0.6 is 11.3 Å². The van der Waals surface area contributed by atoms with Crippen LogP contribution in [0, 0.1) is 0 Å². The first kappa shape index (κ1) is 23.7. The Bertz CT molecular complexity index is 1200. The van der Waals surface area contributed by atoms with Crippen molar-refractivity contribution in [2.24, 2.45) is 0 Å². The Morgan fingerprint density at radius 2 is 1.79 bits per heavy atom. The van der Waals surface area contributed by atoms with E-state index >= 15 is 0 Å². The van der Waals surface area contributed by atoms with Crippen molar-refractivity contribution in [2.75, 3.05) is 26.3 Å². The van der Waals surface area contributed by atoms with Crippen LogP contribution in [0.25, 0.3) is 17.2 Å². The van der Waals surface area contributed by atoms with Crippen LogP contribution in [-0.2, 0) is 27.1 Å². The highest BCUT2D eigenvalue weighted by Crippen LogP contribution is 2.37. The average molecular weight is 478 g/mol. The van der Waals surface area contributed by atoms with E-state index in [-0.39, 0.29) is 12.7 Å². The molecule has 0 aliphatic heterocycles. The number of aryl methyl sites for hydroxylation is 2. The van der Waals surface area contributed by atoms with E-state index in [2.05, 4.69) is 17.4 Å². The summed E-state index contributed by atoms with van der Waals surface area (Å²) < 4.78 is 15.3. The number of thiophene rings is 1. The summed E-state index contributed by atoms with van der Waals surface area (Å²) in [5.41, 5.74) is 5.67. The molecule has 6 nitrogen and oxygen atoms in total. The van der Waals surface area contributed by atoms with E-state index in [9.17, 15) is 9.59 Å². The van der Waals surface area contributed by atoms with Crippen LogP contribution in [0.2, 0.25) is 0 Å². The summed E-state index contributed by atoms with van der Waals surface area (Å²) >= 11 is 1.32. The van der Waals surface area contributed by atoms with E-state index in [1.54, 1.807) is 25.3 Å². The summed E-state index contributed by atoms with van der Waals surface area (Å²) in [5.74, 6) is -0.122. The van der Waals surface area contributed by atoms with Crippen LogP contribution in [0.3, 0.4) is 0 Å². The lowest BCUT2D eigenvalue weighted by molar-refractivity contribution is -0.111. The van der Waals surface area contributed by atoms with Gasteiger partial charge in [0.15, 0.2) is 6.79 Å². The fourth-order valence-corrected chi connectivity index (χ4v) is 4.96. The van der Waals surface area contributed by atoms with Gasteiger partial charge in [-0.2, -0.15) is 0 Å². The molecule has 0 spiro atoms. The number of rotatable bonds is 8. The molecular formula is C27H27NO5S. The van der Waals surface area contributed by atoms with Crippen molar-refractivity contribution in [1.82, 2.24) is 0 Å². The SMILES string of the molecule is COCOc1ccc(/C=C/C(=O)Nc2scc(-c3ccc4c(c3)CCCC4)c2C(=O)OC)cc1. The predicted molar refractivity (Wildman–Crippen MR) is 134 cm³/mol. The van der Waals surface area contributed by atoms with Gasteiger partial charge in [0.25, 0.3) is 0 Å². The van der Waals surface area contributed by atoms with Gasteiger partial charge >= 0.3 is 5.97 Å². The summed E-state index contributed by atoms with van der Waals surface area (Å²) in [7, 11) is 2.91. The number of hydrogen-bond donors (Lipinski definition) is 1. The van der Waals surface area contributed by atoms with Gasteiger partial charge in [-0.05, 0) is 66.1 Å². The molecule has 1 N–H and O–H groups in total. The van der Waals surface area contributed by atoms with Gasteiger partial charge in [0, 0.05) is 24.1 Å². The van der Waals surface area contributed by atoms with Crippen molar-refractivity contribution in [3.8, 4) is 16.9 Å². The Morgan fingerprint density at radius 3 is 2.53 bits per heavy atom. The first-order valence-corrected chi connectivity index (χ1v) is 12.0. The quantitative estimate of drug-likeness (QED) is 0.255. The number of hydrogen-bond acceptors (Lipinski definition) is 6. The fourth-order valence-electron chi connectivity index (χ4n) is 4.00. The maximum absolute atomic E-state index is 12.6. The van der Waals surface area contributed by atoms with Crippen molar-refractivity contribution < 1.29 is 23.8 Å². The van der Waals surface area contributed by atoms with E-state index in [0.717, 1.165) is 29.5 Å². The van der Waals surface area contributed by atoms with E-state index < -0.39 is 5.97 Å². The van der Waals surface area contributed by atoms with Gasteiger partial charge in [-0.1, -0.05) is 30.3 Å². The van der Waals surface area contributed by atoms with Crippen LogP contribution in [0.5, 0.6) is 5.75 Å². The second kappa shape index (κ2) is 11.1. The highest BCUT2D eigenvalue weighted by Gasteiger charge is 2.23. The molecule has 0 saturated carbocycles. The number of carbonyl (C=O) groups excluding carboxylic acids is 2. The standard InChI is InChI=1S/C27H27NO5S/c1-31-17-33-22-12-7-18(8-13-22)9-14-24(29)28-26-25(27(30)32-2)23(16-34-26)21-11-10-19-5-3-4-6-20(19)15-21/h7-16H,3-6,17H2,1-2H3,(H,28,29)/b14-9+. The highest BCUT2D eigenvalue weighted by molar-refractivity contribution is 7.15. The van der Waals surface area contributed by atoms with Gasteiger partial charge in [0.2, 0.25) is 5.91 Å². The molecule has 1 aliphatic rings. The minimum atomic E-state index is -0.472. The summed E-state index contributed by atoms with van der Waals surface area (Å²) in [5, 5.41) is 5.21. The molecule has 4 rings (SSSR count). The molecule has 7 heteroatoms. The van der Waals surface area contributed by atoms with E-state index in [4.69, 9.17) is 14.2 Å². The zero-order valence-electron chi connectivity index (χ0n) is 19.3. The number of carbonyl (C=O) groups is 2. The highest BCUT2D eigenvalue weighted by atomic mass is 32.1. The number of methoxy groups -OCH3 is 2. The molecule has 1 amide bonds. The molecule has 0 fully saturated rings. The van der Waals surface area contributed by atoms with Crippen molar-refractivity contribution in [3.05, 3.63) is 76.2 Å². The number of benzene rings is 2. The van der Waals surface area contributed by atoms with Crippen LogP contribution in [0.4, 0.5) is 5.00 Å². The minimum Gasteiger partial charge on any atom is -0.468 e. The third kappa shape index (κ3) is 5.55. The van der Waals surface area contributed by atoms with Crippen molar-refractivity contribution in [3.63, 3.8) is 0 Å². The van der Waals surface area contributed by atoms with Gasteiger partial charge in [-0.15, -0.1) is 11.3 Å². The smallest absolute Gasteiger partial charge is 0.341 e. The number of amides is 1. The second-order valence-electron chi connectivity index (χ2n) is 7.98. The fraction of sp³-hybridized carbons (Fsp3) is 0.259. The van der Waals surface area contributed by atoms with Crippen molar-refractivity contribution in [1.29, 1.82) is 0 Å². The molecule has 176 valence electrons. The van der Waals surface area contributed by atoms with Crippen LogP contribution in [0.15, 0.2) is 53.9 Å². The normalized spacial score (nSPS) is 12.9. The second-order valence-corrected chi connectivity index (χ2v) is 8.86. The lowest BCUT2D eigenvalue weighted by Crippen LogP contribution is -2.11. The third-order valence-corrected chi connectivity index (χ3v) is 6.62. The van der Waals surface area contributed by atoms with Gasteiger partial charge < -0.3 is 19.5 Å².